The molecule has 0 aromatic heterocycles. The highest BCUT2D eigenvalue weighted by molar-refractivity contribution is 6.08. The van der Waals surface area contributed by atoms with Crippen LogP contribution in [-0.2, 0) is 15.0 Å². The molecule has 1 aromatic carbocycles. The minimum absolute atomic E-state index is 0.132. The van der Waals surface area contributed by atoms with E-state index in [0.29, 0.717) is 12.1 Å². The third-order valence-electron chi connectivity index (χ3n) is 4.12. The molecule has 6 nitrogen and oxygen atoms in total. The van der Waals surface area contributed by atoms with E-state index in [-0.39, 0.29) is 29.7 Å². The van der Waals surface area contributed by atoms with E-state index < -0.39 is 12.1 Å². The van der Waals surface area contributed by atoms with Gasteiger partial charge in [0, 0.05) is 5.69 Å². The minimum Gasteiger partial charge on any atom is -0.326 e. The summed E-state index contributed by atoms with van der Waals surface area (Å²) >= 11 is 0. The van der Waals surface area contributed by atoms with Crippen molar-refractivity contribution >= 4 is 23.5 Å². The molecule has 0 unspecified atom stereocenters. The number of carbonyl (C=O) groups excluding carboxylic acids is 3. The lowest BCUT2D eigenvalue weighted by Gasteiger charge is -2.23. The van der Waals surface area contributed by atoms with Crippen molar-refractivity contribution < 1.29 is 14.4 Å². The lowest BCUT2D eigenvalue weighted by atomic mass is 9.86. The van der Waals surface area contributed by atoms with Gasteiger partial charge in [0.05, 0.1) is 0 Å². The summed E-state index contributed by atoms with van der Waals surface area (Å²) in [5, 5.41) is 5.48. The van der Waals surface area contributed by atoms with Gasteiger partial charge in [-0.3, -0.25) is 14.5 Å². The van der Waals surface area contributed by atoms with Gasteiger partial charge in [-0.1, -0.05) is 52.8 Å². The highest BCUT2D eigenvalue weighted by atomic mass is 16.2. The highest BCUT2D eigenvalue weighted by Crippen LogP contribution is 2.29. The van der Waals surface area contributed by atoms with Crippen LogP contribution in [0.4, 0.5) is 10.5 Å². The van der Waals surface area contributed by atoms with Crippen molar-refractivity contribution in [3.8, 4) is 0 Å². The van der Waals surface area contributed by atoms with Crippen LogP contribution in [0.15, 0.2) is 24.3 Å². The van der Waals surface area contributed by atoms with E-state index in [1.165, 1.54) is 0 Å². The van der Waals surface area contributed by atoms with Gasteiger partial charge in [-0.15, -0.1) is 0 Å². The number of hydrogen-bond acceptors (Lipinski definition) is 3. The summed E-state index contributed by atoms with van der Waals surface area (Å²) in [5.74, 6) is -0.440. The molecule has 1 aliphatic rings. The summed E-state index contributed by atoms with van der Waals surface area (Å²) in [4.78, 5) is 37.7. The van der Waals surface area contributed by atoms with E-state index >= 15 is 0 Å². The topological polar surface area (TPSA) is 78.5 Å². The predicted octanol–water partition coefficient (Wildman–Crippen LogP) is 2.89. The molecule has 1 heterocycles. The Labute approximate surface area is 149 Å². The molecule has 0 radical (unpaired) electrons. The summed E-state index contributed by atoms with van der Waals surface area (Å²) in [6.07, 6.45) is 0.565. The number of para-hydroxylation sites is 1. The number of anilines is 1. The van der Waals surface area contributed by atoms with Crippen molar-refractivity contribution in [2.45, 2.75) is 52.5 Å². The second-order valence-corrected chi connectivity index (χ2v) is 7.90. The summed E-state index contributed by atoms with van der Waals surface area (Å²) in [5.41, 5.74) is 1.57. The molecule has 0 saturated carbocycles. The van der Waals surface area contributed by atoms with Crippen LogP contribution in [-0.4, -0.2) is 35.3 Å². The Balaban J connectivity index is 2.06. The Hall–Kier alpha value is -2.37. The largest absolute Gasteiger partial charge is 0.326 e. The van der Waals surface area contributed by atoms with E-state index in [4.69, 9.17) is 0 Å². The molecule has 1 saturated heterocycles. The van der Waals surface area contributed by atoms with Gasteiger partial charge in [0.2, 0.25) is 5.91 Å². The number of amides is 4. The number of benzene rings is 1. The smallest absolute Gasteiger partial charge is 0.325 e. The lowest BCUT2D eigenvalue weighted by molar-refractivity contribution is -0.131. The summed E-state index contributed by atoms with van der Waals surface area (Å²) < 4.78 is 0. The second-order valence-electron chi connectivity index (χ2n) is 7.90. The molecule has 0 bridgehead atoms. The van der Waals surface area contributed by atoms with Crippen molar-refractivity contribution in [1.29, 1.82) is 0 Å². The standard InChI is InChI=1S/C19H27N3O3/c1-12(2)10-15-17(24)22(18(25)21-15)11-16(23)20-14-9-7-6-8-13(14)19(3,4)5/h6-9,12,15H,10-11H2,1-5H3,(H,20,23)(H,21,25)/t15-/m0/s1. The molecular weight excluding hydrogens is 318 g/mol. The quantitative estimate of drug-likeness (QED) is 0.806. The summed E-state index contributed by atoms with van der Waals surface area (Å²) in [7, 11) is 0. The maximum atomic E-state index is 12.4. The Bertz CT molecular complexity index is 677. The fourth-order valence-corrected chi connectivity index (χ4v) is 2.94. The number of nitrogens with one attached hydrogen (secondary N) is 2. The molecular formula is C19H27N3O3. The van der Waals surface area contributed by atoms with Crippen LogP contribution in [0.5, 0.6) is 0 Å². The molecule has 0 spiro atoms. The van der Waals surface area contributed by atoms with Gasteiger partial charge >= 0.3 is 6.03 Å². The van der Waals surface area contributed by atoms with Crippen molar-refractivity contribution in [3.63, 3.8) is 0 Å². The zero-order valence-corrected chi connectivity index (χ0v) is 15.6. The van der Waals surface area contributed by atoms with Crippen molar-refractivity contribution in [3.05, 3.63) is 29.8 Å². The maximum Gasteiger partial charge on any atom is 0.325 e. The third kappa shape index (κ3) is 4.59. The SMILES string of the molecule is CC(C)C[C@@H]1NC(=O)N(CC(=O)Nc2ccccc2C(C)(C)C)C1=O. The number of urea groups is 1. The fraction of sp³-hybridized carbons (Fsp3) is 0.526. The molecule has 4 amide bonds. The number of hydrogen-bond donors (Lipinski definition) is 2. The van der Waals surface area contributed by atoms with E-state index in [0.717, 1.165) is 10.5 Å². The first-order valence-electron chi connectivity index (χ1n) is 8.61. The van der Waals surface area contributed by atoms with Gasteiger partial charge < -0.3 is 10.6 Å². The van der Waals surface area contributed by atoms with Gasteiger partial charge in [0.1, 0.15) is 12.6 Å². The van der Waals surface area contributed by atoms with Gasteiger partial charge in [0.15, 0.2) is 0 Å². The molecule has 1 aliphatic heterocycles. The molecule has 25 heavy (non-hydrogen) atoms. The van der Waals surface area contributed by atoms with Gasteiger partial charge in [-0.2, -0.15) is 0 Å². The average Bonchev–Trinajstić information content (AvgIpc) is 2.73. The van der Waals surface area contributed by atoms with Crippen LogP contribution in [0.2, 0.25) is 0 Å². The molecule has 136 valence electrons. The number of rotatable bonds is 5. The van der Waals surface area contributed by atoms with Crippen molar-refractivity contribution in [2.75, 3.05) is 11.9 Å². The monoisotopic (exact) mass is 345 g/mol. The number of nitrogens with zero attached hydrogens (tertiary/aromatic N) is 1. The van der Waals surface area contributed by atoms with Crippen molar-refractivity contribution in [1.82, 2.24) is 10.2 Å². The number of imide groups is 1. The third-order valence-corrected chi connectivity index (χ3v) is 4.12. The maximum absolute atomic E-state index is 12.4. The molecule has 0 aliphatic carbocycles. The number of carbonyl (C=O) groups is 3. The van der Waals surface area contributed by atoms with Crippen LogP contribution < -0.4 is 10.6 Å². The minimum atomic E-state index is -0.540. The first kappa shape index (κ1) is 19.0. The second kappa shape index (κ2) is 7.25. The molecule has 2 rings (SSSR count). The average molecular weight is 345 g/mol. The Kier molecular flexibility index (Phi) is 5.50. The van der Waals surface area contributed by atoms with Crippen LogP contribution in [0.3, 0.4) is 0 Å². The first-order valence-corrected chi connectivity index (χ1v) is 8.61. The van der Waals surface area contributed by atoms with Crippen LogP contribution in [0, 0.1) is 5.92 Å². The Morgan fingerprint density at radius 3 is 2.48 bits per heavy atom. The molecule has 2 N–H and O–H groups in total. The molecule has 6 heteroatoms. The predicted molar refractivity (Wildman–Crippen MR) is 97.3 cm³/mol. The zero-order chi connectivity index (χ0) is 18.8. The van der Waals surface area contributed by atoms with Crippen LogP contribution in [0.1, 0.15) is 46.6 Å². The highest BCUT2D eigenvalue weighted by Gasteiger charge is 2.39. The van der Waals surface area contributed by atoms with Gasteiger partial charge in [0.25, 0.3) is 5.91 Å². The summed E-state index contributed by atoms with van der Waals surface area (Å²) in [6.45, 7) is 9.87. The van der Waals surface area contributed by atoms with Crippen molar-refractivity contribution in [2.24, 2.45) is 5.92 Å². The molecule has 1 aromatic rings. The van der Waals surface area contributed by atoms with E-state index in [1.807, 2.05) is 38.1 Å². The van der Waals surface area contributed by atoms with E-state index in [2.05, 4.69) is 31.4 Å². The van der Waals surface area contributed by atoms with Gasteiger partial charge in [-0.25, -0.2) is 4.79 Å². The van der Waals surface area contributed by atoms with E-state index in [1.54, 1.807) is 0 Å². The Morgan fingerprint density at radius 2 is 1.88 bits per heavy atom. The van der Waals surface area contributed by atoms with Gasteiger partial charge in [-0.05, 0) is 29.4 Å². The van der Waals surface area contributed by atoms with E-state index in [9.17, 15) is 14.4 Å². The lowest BCUT2D eigenvalue weighted by Crippen LogP contribution is -2.38. The van der Waals surface area contributed by atoms with Crippen LogP contribution >= 0.6 is 0 Å². The molecule has 1 atom stereocenters. The van der Waals surface area contributed by atoms with Crippen LogP contribution in [0.25, 0.3) is 0 Å². The summed E-state index contributed by atoms with van der Waals surface area (Å²) in [6, 6.07) is 6.51. The normalized spacial score (nSPS) is 17.8. The Morgan fingerprint density at radius 1 is 1.24 bits per heavy atom. The zero-order valence-electron chi connectivity index (χ0n) is 15.6. The molecule has 1 fully saturated rings. The first-order chi connectivity index (χ1) is 11.6. The fourth-order valence-electron chi connectivity index (χ4n) is 2.94.